The number of fused-ring (bicyclic) bond motifs is 2. The van der Waals surface area contributed by atoms with E-state index in [2.05, 4.69) is 4.98 Å². The van der Waals surface area contributed by atoms with Crippen molar-refractivity contribution in [3.8, 4) is 11.1 Å². The molecule has 1 N–H and O–H groups in total. The van der Waals surface area contributed by atoms with E-state index < -0.39 is 10.1 Å². The predicted molar refractivity (Wildman–Crippen MR) is 80.4 cm³/mol. The van der Waals surface area contributed by atoms with Crippen LogP contribution in [0.3, 0.4) is 0 Å². The monoisotopic (exact) mass is 311 g/mol. The lowest BCUT2D eigenvalue weighted by atomic mass is 9.85. The lowest BCUT2D eigenvalue weighted by Crippen LogP contribution is -2.14. The average Bonchev–Trinajstić information content (AvgIpc) is 2.51. The molecule has 108 valence electrons. The minimum absolute atomic E-state index is 0.193. The van der Waals surface area contributed by atoms with E-state index in [1.54, 1.807) is 36.4 Å². The Labute approximate surface area is 126 Å². The van der Waals surface area contributed by atoms with Crippen molar-refractivity contribution in [2.75, 3.05) is 0 Å². The third-order valence-electron chi connectivity index (χ3n) is 3.82. The van der Waals surface area contributed by atoms with Gasteiger partial charge >= 0.3 is 0 Å². The molecule has 0 fully saturated rings. The van der Waals surface area contributed by atoms with E-state index in [9.17, 15) is 17.8 Å². The molecule has 0 aliphatic heterocycles. The van der Waals surface area contributed by atoms with Gasteiger partial charge in [0.1, 0.15) is 10.6 Å². The molecule has 4 rings (SSSR count). The van der Waals surface area contributed by atoms with Crippen molar-refractivity contribution in [3.63, 3.8) is 0 Å². The van der Waals surface area contributed by atoms with Crippen LogP contribution in [0.4, 0.5) is 0 Å². The van der Waals surface area contributed by atoms with Gasteiger partial charge in [-0.25, -0.2) is 0 Å². The zero-order chi connectivity index (χ0) is 15.5. The Kier molecular flexibility index (Phi) is 2.52. The molecule has 6 heteroatoms. The maximum absolute atomic E-state index is 12.6. The lowest BCUT2D eigenvalue weighted by molar-refractivity contribution is 0.103. The SMILES string of the molecule is O=C1c2ncccc2-c2c(S(=O)(=O)O)ccc3cccc1c23. The Balaban J connectivity index is 2.32. The normalized spacial score (nSPS) is 13.2. The van der Waals surface area contributed by atoms with Crippen LogP contribution in [0.2, 0.25) is 0 Å². The van der Waals surface area contributed by atoms with Crippen LogP contribution in [-0.2, 0) is 10.1 Å². The number of benzene rings is 2. The summed E-state index contributed by atoms with van der Waals surface area (Å²) in [5.74, 6) is -0.249. The fourth-order valence-corrected chi connectivity index (χ4v) is 3.66. The van der Waals surface area contributed by atoms with Gasteiger partial charge in [-0.05, 0) is 17.5 Å². The van der Waals surface area contributed by atoms with Crippen LogP contribution in [0.25, 0.3) is 21.9 Å². The summed E-state index contributed by atoms with van der Waals surface area (Å²) in [6.45, 7) is 0. The number of carbonyl (C=O) groups excluding carboxylic acids is 1. The van der Waals surface area contributed by atoms with E-state index in [1.807, 2.05) is 0 Å². The first kappa shape index (κ1) is 13.1. The van der Waals surface area contributed by atoms with Crippen molar-refractivity contribution in [1.82, 2.24) is 4.98 Å². The summed E-state index contributed by atoms with van der Waals surface area (Å²) in [5.41, 5.74) is 1.34. The second kappa shape index (κ2) is 4.22. The third kappa shape index (κ3) is 1.65. The Bertz CT molecular complexity index is 1070. The van der Waals surface area contributed by atoms with Crippen molar-refractivity contribution in [2.45, 2.75) is 4.90 Å². The van der Waals surface area contributed by atoms with E-state index in [4.69, 9.17) is 0 Å². The Morgan fingerprint density at radius 3 is 2.50 bits per heavy atom. The van der Waals surface area contributed by atoms with Crippen LogP contribution in [0, 0.1) is 0 Å². The molecule has 3 aromatic rings. The molecule has 1 aliphatic carbocycles. The molecule has 5 nitrogen and oxygen atoms in total. The van der Waals surface area contributed by atoms with Crippen LogP contribution in [0.5, 0.6) is 0 Å². The van der Waals surface area contributed by atoms with Crippen molar-refractivity contribution < 1.29 is 17.8 Å². The number of nitrogens with zero attached hydrogens (tertiary/aromatic N) is 1. The molecule has 1 heterocycles. The first-order valence-corrected chi connectivity index (χ1v) is 7.96. The molecule has 0 spiro atoms. The van der Waals surface area contributed by atoms with E-state index in [1.165, 1.54) is 12.3 Å². The van der Waals surface area contributed by atoms with Crippen LogP contribution < -0.4 is 0 Å². The van der Waals surface area contributed by atoms with E-state index in [-0.39, 0.29) is 16.4 Å². The van der Waals surface area contributed by atoms with Crippen LogP contribution in [-0.4, -0.2) is 23.7 Å². The average molecular weight is 311 g/mol. The predicted octanol–water partition coefficient (Wildman–Crippen LogP) is 2.69. The number of pyridine rings is 1. The second-order valence-corrected chi connectivity index (χ2v) is 6.44. The summed E-state index contributed by atoms with van der Waals surface area (Å²) < 4.78 is 33.0. The van der Waals surface area contributed by atoms with Gasteiger partial charge < -0.3 is 0 Å². The summed E-state index contributed by atoms with van der Waals surface area (Å²) in [7, 11) is -4.42. The molecule has 0 amide bonds. The zero-order valence-electron chi connectivity index (χ0n) is 11.1. The largest absolute Gasteiger partial charge is 0.295 e. The third-order valence-corrected chi connectivity index (χ3v) is 4.72. The molecular weight excluding hydrogens is 302 g/mol. The highest BCUT2D eigenvalue weighted by atomic mass is 32.2. The van der Waals surface area contributed by atoms with Crippen molar-refractivity contribution in [1.29, 1.82) is 0 Å². The molecule has 0 saturated heterocycles. The van der Waals surface area contributed by atoms with Crippen molar-refractivity contribution in [2.24, 2.45) is 0 Å². The van der Waals surface area contributed by atoms with Gasteiger partial charge in [-0.2, -0.15) is 8.42 Å². The molecular formula is C16H9NO4S. The van der Waals surface area contributed by atoms with Gasteiger partial charge in [-0.3, -0.25) is 14.3 Å². The highest BCUT2D eigenvalue weighted by Gasteiger charge is 2.30. The fraction of sp³-hybridized carbons (Fsp3) is 0. The van der Waals surface area contributed by atoms with Gasteiger partial charge in [-0.15, -0.1) is 0 Å². The maximum atomic E-state index is 12.6. The summed E-state index contributed by atoms with van der Waals surface area (Å²) in [5, 5.41) is 1.27. The fourth-order valence-electron chi connectivity index (χ4n) is 2.95. The Hall–Kier alpha value is -2.57. The topological polar surface area (TPSA) is 84.3 Å². The highest BCUT2D eigenvalue weighted by molar-refractivity contribution is 7.86. The summed E-state index contributed by atoms with van der Waals surface area (Å²) in [6, 6.07) is 11.4. The maximum Gasteiger partial charge on any atom is 0.295 e. The first-order chi connectivity index (χ1) is 10.5. The number of carbonyl (C=O) groups is 1. The summed E-state index contributed by atoms with van der Waals surface area (Å²) in [4.78, 5) is 16.5. The summed E-state index contributed by atoms with van der Waals surface area (Å²) in [6.07, 6.45) is 1.48. The number of hydrogen-bond acceptors (Lipinski definition) is 4. The number of aromatic nitrogens is 1. The van der Waals surface area contributed by atoms with Crippen molar-refractivity contribution >= 4 is 26.7 Å². The minimum atomic E-state index is -4.42. The van der Waals surface area contributed by atoms with Gasteiger partial charge in [0, 0.05) is 28.3 Å². The molecule has 0 unspecified atom stereocenters. The van der Waals surface area contributed by atoms with Gasteiger partial charge in [0.05, 0.1) is 0 Å². The molecule has 0 saturated carbocycles. The van der Waals surface area contributed by atoms with Crippen LogP contribution >= 0.6 is 0 Å². The second-order valence-electron chi connectivity index (χ2n) is 5.05. The molecule has 2 aromatic carbocycles. The quantitative estimate of drug-likeness (QED) is 0.546. The van der Waals surface area contributed by atoms with Gasteiger partial charge in [0.25, 0.3) is 10.1 Å². The van der Waals surface area contributed by atoms with Crippen LogP contribution in [0.1, 0.15) is 16.1 Å². The zero-order valence-corrected chi connectivity index (χ0v) is 12.0. The molecule has 0 bridgehead atoms. The molecule has 0 radical (unpaired) electrons. The van der Waals surface area contributed by atoms with E-state index in [0.717, 1.165) is 5.39 Å². The Morgan fingerprint density at radius 1 is 0.955 bits per heavy atom. The minimum Gasteiger partial charge on any atom is -0.287 e. The first-order valence-electron chi connectivity index (χ1n) is 6.52. The molecule has 0 atom stereocenters. The standard InChI is InChI=1S/C16H9NO4S/c18-16-11-4-1-3-9-6-7-12(22(19,20)21)14(13(9)11)10-5-2-8-17-15(10)16/h1-8H,(H,19,20,21). The Morgan fingerprint density at radius 2 is 1.73 bits per heavy atom. The van der Waals surface area contributed by atoms with E-state index >= 15 is 0 Å². The number of rotatable bonds is 1. The van der Waals surface area contributed by atoms with Gasteiger partial charge in [0.15, 0.2) is 0 Å². The summed E-state index contributed by atoms with van der Waals surface area (Å²) >= 11 is 0. The highest BCUT2D eigenvalue weighted by Crippen LogP contribution is 2.42. The molecule has 22 heavy (non-hydrogen) atoms. The number of ketones is 1. The molecule has 1 aromatic heterocycles. The lowest BCUT2D eigenvalue weighted by Gasteiger charge is -2.20. The van der Waals surface area contributed by atoms with Gasteiger partial charge in [0.2, 0.25) is 5.78 Å². The number of hydrogen-bond donors (Lipinski definition) is 1. The van der Waals surface area contributed by atoms with Crippen molar-refractivity contribution in [3.05, 3.63) is 59.9 Å². The smallest absolute Gasteiger partial charge is 0.287 e. The van der Waals surface area contributed by atoms with Gasteiger partial charge in [-0.1, -0.05) is 30.3 Å². The van der Waals surface area contributed by atoms with Crippen LogP contribution in [0.15, 0.2) is 53.6 Å². The van der Waals surface area contributed by atoms with E-state index in [0.29, 0.717) is 22.1 Å². The molecule has 1 aliphatic rings.